The monoisotopic (exact) mass is 196 g/mol. The van der Waals surface area contributed by atoms with Crippen LogP contribution in [0.2, 0.25) is 0 Å². The second-order valence-corrected chi connectivity index (χ2v) is 3.56. The molecule has 1 nitrogen and oxygen atoms in total. The van der Waals surface area contributed by atoms with Gasteiger partial charge in [0.2, 0.25) is 0 Å². The van der Waals surface area contributed by atoms with Gasteiger partial charge in [0.1, 0.15) is 0 Å². The van der Waals surface area contributed by atoms with Crippen LogP contribution in [-0.4, -0.2) is 5.24 Å². The Bertz CT molecular complexity index is 319. The van der Waals surface area contributed by atoms with Crippen molar-refractivity contribution >= 4 is 16.8 Å². The molecule has 0 amide bonds. The maximum Gasteiger partial charge on any atom is 0.252 e. The van der Waals surface area contributed by atoms with Crippen molar-refractivity contribution in [3.05, 3.63) is 34.4 Å². The Labute approximate surface area is 83.7 Å². The first-order valence-corrected chi connectivity index (χ1v) is 4.74. The highest BCUT2D eigenvalue weighted by atomic mass is 35.5. The van der Waals surface area contributed by atoms with E-state index < -0.39 is 0 Å². The molecule has 0 aromatic heterocycles. The fraction of sp³-hybridized carbons (Fsp3) is 0.364. The third kappa shape index (κ3) is 2.10. The molecule has 70 valence electrons. The van der Waals surface area contributed by atoms with E-state index in [1.807, 2.05) is 26.0 Å². The van der Waals surface area contributed by atoms with Crippen LogP contribution in [0, 0.1) is 13.8 Å². The van der Waals surface area contributed by atoms with Crippen molar-refractivity contribution < 1.29 is 4.79 Å². The van der Waals surface area contributed by atoms with Crippen LogP contribution in [0.3, 0.4) is 0 Å². The molecule has 0 unspecified atom stereocenters. The maximum atomic E-state index is 10.9. The summed E-state index contributed by atoms with van der Waals surface area (Å²) in [6.07, 6.45) is 0.994. The van der Waals surface area contributed by atoms with Gasteiger partial charge in [0, 0.05) is 5.56 Å². The van der Waals surface area contributed by atoms with Crippen molar-refractivity contribution in [1.29, 1.82) is 0 Å². The van der Waals surface area contributed by atoms with Gasteiger partial charge in [0.05, 0.1) is 0 Å². The van der Waals surface area contributed by atoms with Crippen LogP contribution in [0.5, 0.6) is 0 Å². The number of carbonyl (C=O) groups excluding carboxylic acids is 1. The average molecular weight is 197 g/mol. The molecule has 0 aliphatic heterocycles. The highest BCUT2D eigenvalue weighted by Gasteiger charge is 2.06. The van der Waals surface area contributed by atoms with Gasteiger partial charge in [-0.25, -0.2) is 0 Å². The fourth-order valence-electron chi connectivity index (χ4n) is 1.66. The van der Waals surface area contributed by atoms with E-state index in [2.05, 4.69) is 6.92 Å². The molecule has 2 heteroatoms. The van der Waals surface area contributed by atoms with Crippen LogP contribution in [-0.2, 0) is 6.42 Å². The van der Waals surface area contributed by atoms with E-state index in [1.165, 1.54) is 5.56 Å². The van der Waals surface area contributed by atoms with Crippen molar-refractivity contribution in [1.82, 2.24) is 0 Å². The third-order valence-electron chi connectivity index (χ3n) is 2.28. The molecule has 13 heavy (non-hydrogen) atoms. The van der Waals surface area contributed by atoms with Crippen LogP contribution in [0.15, 0.2) is 12.1 Å². The molecule has 0 atom stereocenters. The van der Waals surface area contributed by atoms with Gasteiger partial charge in [-0.05, 0) is 60.7 Å². The third-order valence-corrected chi connectivity index (χ3v) is 2.49. The Morgan fingerprint density at radius 1 is 1.31 bits per heavy atom. The first-order valence-electron chi connectivity index (χ1n) is 4.36. The minimum atomic E-state index is -0.381. The van der Waals surface area contributed by atoms with Crippen LogP contribution in [0.25, 0.3) is 0 Å². The van der Waals surface area contributed by atoms with Crippen molar-refractivity contribution in [2.75, 3.05) is 0 Å². The number of carbonyl (C=O) groups is 1. The predicted octanol–water partition coefficient (Wildman–Crippen LogP) is 3.24. The highest BCUT2D eigenvalue weighted by molar-refractivity contribution is 6.67. The number of aryl methyl sites for hydroxylation is 2. The molecule has 1 rings (SSSR count). The minimum absolute atomic E-state index is 0.381. The molecule has 0 N–H and O–H groups in total. The van der Waals surface area contributed by atoms with Crippen LogP contribution in [0.1, 0.15) is 34.0 Å². The molecule has 0 aliphatic rings. The molecule has 0 bridgehead atoms. The van der Waals surface area contributed by atoms with Gasteiger partial charge in [0.15, 0.2) is 0 Å². The zero-order chi connectivity index (χ0) is 10.0. The lowest BCUT2D eigenvalue weighted by Gasteiger charge is -2.08. The summed E-state index contributed by atoms with van der Waals surface area (Å²) in [5.74, 6) is 0. The van der Waals surface area contributed by atoms with E-state index in [0.29, 0.717) is 5.56 Å². The van der Waals surface area contributed by atoms with Crippen molar-refractivity contribution in [3.8, 4) is 0 Å². The van der Waals surface area contributed by atoms with Gasteiger partial charge in [0.25, 0.3) is 5.24 Å². The molecule has 0 radical (unpaired) electrons. The van der Waals surface area contributed by atoms with E-state index in [-0.39, 0.29) is 5.24 Å². The Kier molecular flexibility index (Phi) is 3.10. The average Bonchev–Trinajstić information content (AvgIpc) is 2.03. The topological polar surface area (TPSA) is 17.1 Å². The lowest BCUT2D eigenvalue weighted by molar-refractivity contribution is 0.108. The molecular formula is C11H13ClO. The summed E-state index contributed by atoms with van der Waals surface area (Å²) in [5, 5.41) is -0.381. The SMILES string of the molecule is CCc1c(C)cc(C(=O)Cl)cc1C. The predicted molar refractivity (Wildman–Crippen MR) is 55.5 cm³/mol. The molecule has 1 aromatic carbocycles. The highest BCUT2D eigenvalue weighted by Crippen LogP contribution is 2.18. The van der Waals surface area contributed by atoms with Crippen LogP contribution >= 0.6 is 11.6 Å². The normalized spacial score (nSPS) is 10.2. The number of benzene rings is 1. The second-order valence-electron chi connectivity index (χ2n) is 3.22. The summed E-state index contributed by atoms with van der Waals surface area (Å²) < 4.78 is 0. The molecule has 0 fully saturated rings. The summed E-state index contributed by atoms with van der Waals surface area (Å²) in [5.41, 5.74) is 4.19. The first-order chi connectivity index (χ1) is 6.06. The number of hydrogen-bond acceptors (Lipinski definition) is 1. The Balaban J connectivity index is 3.28. The summed E-state index contributed by atoms with van der Waals surface area (Å²) in [4.78, 5) is 10.9. The van der Waals surface area contributed by atoms with Gasteiger partial charge < -0.3 is 0 Å². The number of halogens is 1. The number of rotatable bonds is 2. The molecule has 0 heterocycles. The maximum absolute atomic E-state index is 10.9. The Hall–Kier alpha value is -0.820. The molecule has 1 aromatic rings. The zero-order valence-electron chi connectivity index (χ0n) is 8.15. The minimum Gasteiger partial charge on any atom is -0.276 e. The van der Waals surface area contributed by atoms with Gasteiger partial charge in [-0.2, -0.15) is 0 Å². The summed E-state index contributed by atoms with van der Waals surface area (Å²) in [6, 6.07) is 3.70. The fourth-order valence-corrected chi connectivity index (χ4v) is 1.77. The van der Waals surface area contributed by atoms with Gasteiger partial charge >= 0.3 is 0 Å². The van der Waals surface area contributed by atoms with E-state index in [4.69, 9.17) is 11.6 Å². The van der Waals surface area contributed by atoms with Gasteiger partial charge in [-0.3, -0.25) is 4.79 Å². The molecule has 0 saturated heterocycles. The zero-order valence-corrected chi connectivity index (χ0v) is 8.90. The Morgan fingerprint density at radius 2 is 1.77 bits per heavy atom. The van der Waals surface area contributed by atoms with Gasteiger partial charge in [-0.15, -0.1) is 0 Å². The van der Waals surface area contributed by atoms with E-state index in [9.17, 15) is 4.79 Å². The molecular weight excluding hydrogens is 184 g/mol. The lowest BCUT2D eigenvalue weighted by atomic mass is 9.98. The molecule has 0 saturated carbocycles. The summed E-state index contributed by atoms with van der Waals surface area (Å²) in [6.45, 7) is 6.13. The van der Waals surface area contributed by atoms with Crippen LogP contribution in [0.4, 0.5) is 0 Å². The second kappa shape index (κ2) is 3.93. The standard InChI is InChI=1S/C11H13ClO/c1-4-10-7(2)5-9(11(12)13)6-8(10)3/h5-6H,4H2,1-3H3. The quantitative estimate of drug-likeness (QED) is 0.664. The lowest BCUT2D eigenvalue weighted by Crippen LogP contribution is -1.97. The van der Waals surface area contributed by atoms with Crippen LogP contribution < -0.4 is 0 Å². The van der Waals surface area contributed by atoms with Crippen molar-refractivity contribution in [2.45, 2.75) is 27.2 Å². The van der Waals surface area contributed by atoms with Crippen molar-refractivity contribution in [3.63, 3.8) is 0 Å². The van der Waals surface area contributed by atoms with E-state index >= 15 is 0 Å². The molecule has 0 aliphatic carbocycles. The van der Waals surface area contributed by atoms with E-state index in [1.54, 1.807) is 0 Å². The summed E-state index contributed by atoms with van der Waals surface area (Å²) in [7, 11) is 0. The molecule has 0 spiro atoms. The van der Waals surface area contributed by atoms with E-state index in [0.717, 1.165) is 17.5 Å². The summed E-state index contributed by atoms with van der Waals surface area (Å²) >= 11 is 5.40. The Morgan fingerprint density at radius 3 is 2.08 bits per heavy atom. The smallest absolute Gasteiger partial charge is 0.252 e. The number of hydrogen-bond donors (Lipinski definition) is 0. The van der Waals surface area contributed by atoms with Gasteiger partial charge in [-0.1, -0.05) is 6.92 Å². The largest absolute Gasteiger partial charge is 0.276 e. The first kappa shape index (κ1) is 10.3. The van der Waals surface area contributed by atoms with Crippen molar-refractivity contribution in [2.24, 2.45) is 0 Å².